The number of hydrogen-bond acceptors (Lipinski definition) is 5. The van der Waals surface area contributed by atoms with Crippen LogP contribution in [0, 0.1) is 0 Å². The minimum absolute atomic E-state index is 0.0979. The normalized spacial score (nSPS) is 13.2. The molecule has 0 saturated heterocycles. The van der Waals surface area contributed by atoms with Crippen LogP contribution in [0.5, 0.6) is 0 Å². The molecule has 0 saturated carbocycles. The van der Waals surface area contributed by atoms with E-state index >= 15 is 0 Å². The number of pyridine rings is 1. The second-order valence-electron chi connectivity index (χ2n) is 5.57. The Morgan fingerprint density at radius 2 is 2.04 bits per heavy atom. The first-order valence-electron chi connectivity index (χ1n) is 7.43. The topological polar surface area (TPSA) is 92.9 Å². The highest BCUT2D eigenvalue weighted by molar-refractivity contribution is 5.94. The van der Waals surface area contributed by atoms with Crippen LogP contribution in [0.25, 0.3) is 5.82 Å². The Kier molecular flexibility index (Phi) is 4.35. The fraction of sp³-hybridized carbons (Fsp3) is 0.176. The number of benzene rings is 1. The molecule has 0 aliphatic heterocycles. The molecule has 7 heteroatoms. The average Bonchev–Trinajstić information content (AvgIpc) is 3.15. The van der Waals surface area contributed by atoms with Crippen LogP contribution in [0.3, 0.4) is 0 Å². The van der Waals surface area contributed by atoms with E-state index in [1.54, 1.807) is 19.1 Å². The second kappa shape index (κ2) is 6.59. The van der Waals surface area contributed by atoms with E-state index in [4.69, 9.17) is 0 Å². The lowest BCUT2D eigenvalue weighted by Crippen LogP contribution is -2.38. The molecule has 1 atom stereocenters. The van der Waals surface area contributed by atoms with Gasteiger partial charge in [0, 0.05) is 6.20 Å². The second-order valence-corrected chi connectivity index (χ2v) is 5.57. The van der Waals surface area contributed by atoms with Crippen molar-refractivity contribution in [2.45, 2.75) is 12.5 Å². The van der Waals surface area contributed by atoms with Crippen LogP contribution in [0.4, 0.5) is 0 Å². The molecular formula is C17H17N5O2. The number of carbonyl (C=O) groups excluding carboxylic acids is 1. The minimum atomic E-state index is -1.15. The summed E-state index contributed by atoms with van der Waals surface area (Å²) in [5.74, 6) is 0.268. The largest absolute Gasteiger partial charge is 0.384 e. The van der Waals surface area contributed by atoms with E-state index in [9.17, 15) is 9.90 Å². The highest BCUT2D eigenvalue weighted by Gasteiger charge is 2.23. The fourth-order valence-electron chi connectivity index (χ4n) is 2.24. The molecule has 24 heavy (non-hydrogen) atoms. The summed E-state index contributed by atoms with van der Waals surface area (Å²) in [4.78, 5) is 20.3. The number of aromatic nitrogens is 4. The highest BCUT2D eigenvalue weighted by Crippen LogP contribution is 2.19. The third kappa shape index (κ3) is 3.47. The van der Waals surface area contributed by atoms with Gasteiger partial charge in [-0.25, -0.2) is 14.6 Å². The standard InChI is InChI=1S/C17H17N5O2/c1-17(24,14-5-3-2-4-6-14)10-20-16(23)13-7-8-15(19-9-13)22-12-18-11-21-22/h2-9,11-12,24H,10H2,1H3,(H,20,23). The van der Waals surface area contributed by atoms with E-state index in [0.29, 0.717) is 11.4 Å². The summed E-state index contributed by atoms with van der Waals surface area (Å²) >= 11 is 0. The van der Waals surface area contributed by atoms with E-state index in [2.05, 4.69) is 20.4 Å². The summed E-state index contributed by atoms with van der Waals surface area (Å²) in [6.07, 6.45) is 4.40. The van der Waals surface area contributed by atoms with Gasteiger partial charge in [0.1, 0.15) is 18.3 Å². The van der Waals surface area contributed by atoms with Crippen molar-refractivity contribution in [3.8, 4) is 5.82 Å². The smallest absolute Gasteiger partial charge is 0.252 e. The van der Waals surface area contributed by atoms with Crippen LogP contribution in [0.1, 0.15) is 22.8 Å². The van der Waals surface area contributed by atoms with Gasteiger partial charge in [-0.15, -0.1) is 0 Å². The Morgan fingerprint density at radius 1 is 1.25 bits per heavy atom. The van der Waals surface area contributed by atoms with Gasteiger partial charge < -0.3 is 10.4 Å². The first-order chi connectivity index (χ1) is 11.6. The lowest BCUT2D eigenvalue weighted by Gasteiger charge is -2.24. The molecule has 0 spiro atoms. The number of hydrogen-bond donors (Lipinski definition) is 2. The molecular weight excluding hydrogens is 306 g/mol. The van der Waals surface area contributed by atoms with Crippen LogP contribution in [-0.2, 0) is 5.60 Å². The summed E-state index contributed by atoms with van der Waals surface area (Å²) in [6, 6.07) is 12.5. The highest BCUT2D eigenvalue weighted by atomic mass is 16.3. The molecule has 3 rings (SSSR count). The van der Waals surface area contributed by atoms with Gasteiger partial charge in [-0.2, -0.15) is 5.10 Å². The molecule has 1 aromatic carbocycles. The summed E-state index contributed by atoms with van der Waals surface area (Å²) < 4.78 is 1.50. The molecule has 0 radical (unpaired) electrons. The van der Waals surface area contributed by atoms with Gasteiger partial charge in [-0.05, 0) is 24.6 Å². The maximum absolute atomic E-state index is 12.2. The van der Waals surface area contributed by atoms with Crippen molar-refractivity contribution >= 4 is 5.91 Å². The molecule has 3 aromatic rings. The van der Waals surface area contributed by atoms with E-state index in [0.717, 1.165) is 5.56 Å². The van der Waals surface area contributed by atoms with Crippen LogP contribution in [0.2, 0.25) is 0 Å². The molecule has 2 heterocycles. The summed E-state index contributed by atoms with van der Waals surface area (Å²) in [6.45, 7) is 1.76. The molecule has 0 bridgehead atoms. The van der Waals surface area contributed by atoms with Crippen molar-refractivity contribution in [1.82, 2.24) is 25.1 Å². The van der Waals surface area contributed by atoms with Gasteiger partial charge in [0.2, 0.25) is 0 Å². The number of rotatable bonds is 5. The Balaban J connectivity index is 1.65. The number of amides is 1. The quantitative estimate of drug-likeness (QED) is 0.738. The molecule has 7 nitrogen and oxygen atoms in total. The van der Waals surface area contributed by atoms with Crippen molar-refractivity contribution in [3.63, 3.8) is 0 Å². The fourth-order valence-corrected chi connectivity index (χ4v) is 2.24. The van der Waals surface area contributed by atoms with Crippen molar-refractivity contribution in [2.24, 2.45) is 0 Å². The van der Waals surface area contributed by atoms with Gasteiger partial charge in [-0.3, -0.25) is 4.79 Å². The van der Waals surface area contributed by atoms with Crippen molar-refractivity contribution < 1.29 is 9.90 Å². The molecule has 122 valence electrons. The summed E-state index contributed by atoms with van der Waals surface area (Å²) in [7, 11) is 0. The Bertz CT molecular complexity index is 799. The Morgan fingerprint density at radius 3 is 2.67 bits per heavy atom. The zero-order valence-corrected chi connectivity index (χ0v) is 13.1. The first-order valence-corrected chi connectivity index (χ1v) is 7.43. The number of nitrogens with one attached hydrogen (secondary N) is 1. The third-order valence-corrected chi connectivity index (χ3v) is 3.65. The maximum Gasteiger partial charge on any atom is 0.252 e. The van der Waals surface area contributed by atoms with E-state index in [-0.39, 0.29) is 12.5 Å². The van der Waals surface area contributed by atoms with Gasteiger partial charge in [0.15, 0.2) is 5.82 Å². The SMILES string of the molecule is CC(O)(CNC(=O)c1ccc(-n2cncn2)nc1)c1ccccc1. The lowest BCUT2D eigenvalue weighted by molar-refractivity contribution is 0.0526. The Hall–Kier alpha value is -3.06. The van der Waals surface area contributed by atoms with Crippen molar-refractivity contribution in [2.75, 3.05) is 6.54 Å². The van der Waals surface area contributed by atoms with E-state index in [1.165, 1.54) is 23.5 Å². The number of nitrogens with zero attached hydrogens (tertiary/aromatic N) is 4. The Labute approximate surface area is 139 Å². The zero-order chi connectivity index (χ0) is 17.0. The molecule has 0 aliphatic carbocycles. The molecule has 1 unspecified atom stereocenters. The van der Waals surface area contributed by atoms with Crippen LogP contribution < -0.4 is 5.32 Å². The summed E-state index contributed by atoms with van der Waals surface area (Å²) in [5, 5.41) is 17.2. The number of carbonyl (C=O) groups is 1. The van der Waals surface area contributed by atoms with Gasteiger partial charge in [0.25, 0.3) is 5.91 Å². The van der Waals surface area contributed by atoms with E-state index < -0.39 is 5.60 Å². The first kappa shape index (κ1) is 15.8. The average molecular weight is 323 g/mol. The van der Waals surface area contributed by atoms with Crippen LogP contribution >= 0.6 is 0 Å². The minimum Gasteiger partial charge on any atom is -0.384 e. The van der Waals surface area contributed by atoms with Crippen molar-refractivity contribution in [1.29, 1.82) is 0 Å². The van der Waals surface area contributed by atoms with E-state index in [1.807, 2.05) is 30.3 Å². The van der Waals surface area contributed by atoms with Gasteiger partial charge in [-0.1, -0.05) is 30.3 Å². The predicted octanol–water partition coefficient (Wildman–Crippen LogP) is 1.30. The molecule has 1 amide bonds. The predicted molar refractivity (Wildman–Crippen MR) is 87.5 cm³/mol. The molecule has 0 fully saturated rings. The molecule has 0 aliphatic rings. The third-order valence-electron chi connectivity index (χ3n) is 3.65. The molecule has 2 N–H and O–H groups in total. The zero-order valence-electron chi connectivity index (χ0n) is 13.1. The van der Waals surface area contributed by atoms with Crippen molar-refractivity contribution in [3.05, 3.63) is 72.4 Å². The molecule has 2 aromatic heterocycles. The monoisotopic (exact) mass is 323 g/mol. The van der Waals surface area contributed by atoms with Crippen LogP contribution in [0.15, 0.2) is 61.3 Å². The van der Waals surface area contributed by atoms with Crippen LogP contribution in [-0.4, -0.2) is 37.3 Å². The summed E-state index contributed by atoms with van der Waals surface area (Å²) in [5.41, 5.74) is -0.00180. The van der Waals surface area contributed by atoms with Gasteiger partial charge in [0.05, 0.1) is 12.1 Å². The number of aliphatic hydroxyl groups is 1. The maximum atomic E-state index is 12.2. The van der Waals surface area contributed by atoms with Gasteiger partial charge >= 0.3 is 0 Å². The lowest BCUT2D eigenvalue weighted by atomic mass is 9.96.